The molecule has 0 radical (unpaired) electrons. The van der Waals surface area contributed by atoms with Gasteiger partial charge in [0.2, 0.25) is 0 Å². The van der Waals surface area contributed by atoms with Gasteiger partial charge in [0, 0.05) is 5.56 Å². The molecule has 0 unspecified atom stereocenters. The number of methoxy groups -OCH3 is 1. The van der Waals surface area contributed by atoms with Crippen LogP contribution in [0, 0.1) is 0 Å². The number of ether oxygens (including phenoxy) is 2. The van der Waals surface area contributed by atoms with E-state index in [1.165, 1.54) is 0 Å². The van der Waals surface area contributed by atoms with E-state index in [1.54, 1.807) is 13.2 Å². The highest BCUT2D eigenvalue weighted by atomic mass is 16.5. The molecule has 0 aromatic heterocycles. The molecule has 98 valence electrons. The fraction of sp³-hybridized carbons (Fsp3) is 0.250. The Morgan fingerprint density at radius 1 is 1.11 bits per heavy atom. The third kappa shape index (κ3) is 2.50. The molecule has 3 rings (SSSR count). The largest absolute Gasteiger partial charge is 0.504 e. The van der Waals surface area contributed by atoms with E-state index in [9.17, 15) is 5.11 Å². The van der Waals surface area contributed by atoms with E-state index < -0.39 is 0 Å². The lowest BCUT2D eigenvalue weighted by Crippen LogP contribution is -1.95. The quantitative estimate of drug-likeness (QED) is 0.908. The van der Waals surface area contributed by atoms with Crippen molar-refractivity contribution in [2.24, 2.45) is 0 Å². The van der Waals surface area contributed by atoms with Gasteiger partial charge in [-0.1, -0.05) is 24.3 Å². The summed E-state index contributed by atoms with van der Waals surface area (Å²) in [6, 6.07) is 13.3. The fourth-order valence-electron chi connectivity index (χ4n) is 2.04. The summed E-state index contributed by atoms with van der Waals surface area (Å²) in [5.41, 5.74) is 1.68. The molecule has 1 saturated carbocycles. The Bertz CT molecular complexity index is 588. The van der Waals surface area contributed by atoms with Crippen molar-refractivity contribution in [3.63, 3.8) is 0 Å². The van der Waals surface area contributed by atoms with E-state index in [0.717, 1.165) is 29.7 Å². The molecule has 0 bridgehead atoms. The second-order valence-corrected chi connectivity index (χ2v) is 4.70. The van der Waals surface area contributed by atoms with Gasteiger partial charge in [-0.25, -0.2) is 0 Å². The molecule has 1 aliphatic carbocycles. The van der Waals surface area contributed by atoms with E-state index >= 15 is 0 Å². The van der Waals surface area contributed by atoms with Crippen LogP contribution < -0.4 is 9.47 Å². The molecule has 1 aliphatic rings. The monoisotopic (exact) mass is 256 g/mol. The number of aromatic hydroxyl groups is 1. The summed E-state index contributed by atoms with van der Waals surface area (Å²) in [6.45, 7) is 0. The van der Waals surface area contributed by atoms with Gasteiger partial charge in [-0.05, 0) is 36.6 Å². The third-order valence-corrected chi connectivity index (χ3v) is 3.19. The van der Waals surface area contributed by atoms with E-state index in [2.05, 4.69) is 0 Å². The molecule has 3 nitrogen and oxygen atoms in total. The number of para-hydroxylation sites is 1. The maximum absolute atomic E-state index is 10.2. The lowest BCUT2D eigenvalue weighted by atomic mass is 10.0. The van der Waals surface area contributed by atoms with Crippen LogP contribution in [-0.2, 0) is 0 Å². The molecule has 0 aliphatic heterocycles. The van der Waals surface area contributed by atoms with Crippen LogP contribution in [0.4, 0.5) is 0 Å². The summed E-state index contributed by atoms with van der Waals surface area (Å²) in [5.74, 6) is 1.49. The van der Waals surface area contributed by atoms with Crippen molar-refractivity contribution in [3.8, 4) is 28.4 Å². The van der Waals surface area contributed by atoms with E-state index in [1.807, 2.05) is 36.4 Å². The SMILES string of the molecule is COc1cccc(-c2cccc(OC3CC3)c2)c1O. The smallest absolute Gasteiger partial charge is 0.165 e. The molecule has 1 N–H and O–H groups in total. The second-order valence-electron chi connectivity index (χ2n) is 4.70. The minimum absolute atomic E-state index is 0.161. The molecule has 0 spiro atoms. The van der Waals surface area contributed by atoms with Crippen molar-refractivity contribution in [2.45, 2.75) is 18.9 Å². The summed E-state index contributed by atoms with van der Waals surface area (Å²) in [5, 5.41) is 10.2. The Kier molecular flexibility index (Phi) is 3.03. The minimum Gasteiger partial charge on any atom is -0.504 e. The molecule has 3 heteroatoms. The summed E-state index contributed by atoms with van der Waals surface area (Å²) in [6.07, 6.45) is 2.64. The van der Waals surface area contributed by atoms with E-state index in [-0.39, 0.29) is 5.75 Å². The van der Waals surface area contributed by atoms with Crippen molar-refractivity contribution in [3.05, 3.63) is 42.5 Å². The first-order valence-electron chi connectivity index (χ1n) is 6.41. The van der Waals surface area contributed by atoms with Crippen LogP contribution in [0.15, 0.2) is 42.5 Å². The molecule has 2 aromatic rings. The number of hydrogen-bond donors (Lipinski definition) is 1. The lowest BCUT2D eigenvalue weighted by molar-refractivity contribution is 0.303. The zero-order valence-electron chi connectivity index (χ0n) is 10.8. The van der Waals surface area contributed by atoms with Crippen molar-refractivity contribution in [1.82, 2.24) is 0 Å². The second kappa shape index (κ2) is 4.84. The summed E-state index contributed by atoms with van der Waals surface area (Å²) in [4.78, 5) is 0. The predicted molar refractivity (Wildman–Crippen MR) is 73.7 cm³/mol. The Balaban J connectivity index is 1.96. The maximum atomic E-state index is 10.2. The van der Waals surface area contributed by atoms with Gasteiger partial charge in [-0.15, -0.1) is 0 Å². The lowest BCUT2D eigenvalue weighted by Gasteiger charge is -2.10. The van der Waals surface area contributed by atoms with Crippen LogP contribution >= 0.6 is 0 Å². The van der Waals surface area contributed by atoms with Crippen molar-refractivity contribution in [2.75, 3.05) is 7.11 Å². The van der Waals surface area contributed by atoms with Crippen LogP contribution in [0.25, 0.3) is 11.1 Å². The first-order chi connectivity index (χ1) is 9.28. The van der Waals surface area contributed by atoms with Gasteiger partial charge < -0.3 is 14.6 Å². The molecule has 0 heterocycles. The highest BCUT2D eigenvalue weighted by Gasteiger charge is 2.23. The van der Waals surface area contributed by atoms with Gasteiger partial charge in [0.05, 0.1) is 13.2 Å². The maximum Gasteiger partial charge on any atom is 0.165 e. The topological polar surface area (TPSA) is 38.7 Å². The molecule has 0 amide bonds. The highest BCUT2D eigenvalue weighted by Crippen LogP contribution is 2.38. The first-order valence-corrected chi connectivity index (χ1v) is 6.41. The molecular weight excluding hydrogens is 240 g/mol. The predicted octanol–water partition coefficient (Wildman–Crippen LogP) is 3.61. The van der Waals surface area contributed by atoms with Gasteiger partial charge >= 0.3 is 0 Å². The molecule has 1 fully saturated rings. The van der Waals surface area contributed by atoms with Gasteiger partial charge in [-0.3, -0.25) is 0 Å². The number of phenolic OH excluding ortho intramolecular Hbond substituents is 1. The normalized spacial score (nSPS) is 14.2. The Morgan fingerprint density at radius 2 is 1.89 bits per heavy atom. The molecule has 0 saturated heterocycles. The average molecular weight is 256 g/mol. The first kappa shape index (κ1) is 11.9. The zero-order chi connectivity index (χ0) is 13.2. The average Bonchev–Trinajstić information content (AvgIpc) is 3.23. The number of rotatable bonds is 4. The van der Waals surface area contributed by atoms with Crippen molar-refractivity contribution < 1.29 is 14.6 Å². The fourth-order valence-corrected chi connectivity index (χ4v) is 2.04. The van der Waals surface area contributed by atoms with Gasteiger partial charge in [0.25, 0.3) is 0 Å². The summed E-state index contributed by atoms with van der Waals surface area (Å²) >= 11 is 0. The number of benzene rings is 2. The highest BCUT2D eigenvalue weighted by molar-refractivity contribution is 5.74. The Hall–Kier alpha value is -2.16. The Morgan fingerprint density at radius 3 is 2.63 bits per heavy atom. The summed E-state index contributed by atoms with van der Waals surface area (Å²) < 4.78 is 10.9. The van der Waals surface area contributed by atoms with Crippen LogP contribution in [0.3, 0.4) is 0 Å². The molecule has 19 heavy (non-hydrogen) atoms. The zero-order valence-corrected chi connectivity index (χ0v) is 10.8. The van der Waals surface area contributed by atoms with Crippen LogP contribution in [-0.4, -0.2) is 18.3 Å². The molecule has 2 aromatic carbocycles. The summed E-state index contributed by atoms with van der Waals surface area (Å²) in [7, 11) is 1.55. The third-order valence-electron chi connectivity index (χ3n) is 3.19. The van der Waals surface area contributed by atoms with E-state index in [0.29, 0.717) is 11.9 Å². The van der Waals surface area contributed by atoms with Gasteiger partial charge in [0.15, 0.2) is 11.5 Å². The van der Waals surface area contributed by atoms with Crippen LogP contribution in [0.1, 0.15) is 12.8 Å². The number of hydrogen-bond acceptors (Lipinski definition) is 3. The molecule has 0 atom stereocenters. The number of phenols is 1. The minimum atomic E-state index is 0.161. The standard InChI is InChI=1S/C16H16O3/c1-18-15-7-3-6-14(16(15)17)11-4-2-5-13(10-11)19-12-8-9-12/h2-7,10,12,17H,8-9H2,1H3. The van der Waals surface area contributed by atoms with Gasteiger partial charge in [-0.2, -0.15) is 0 Å². The van der Waals surface area contributed by atoms with E-state index in [4.69, 9.17) is 9.47 Å². The van der Waals surface area contributed by atoms with Crippen molar-refractivity contribution >= 4 is 0 Å². The molecular formula is C16H16O3. The van der Waals surface area contributed by atoms with Crippen molar-refractivity contribution in [1.29, 1.82) is 0 Å². The Labute approximate surface area is 112 Å². The van der Waals surface area contributed by atoms with Crippen LogP contribution in [0.2, 0.25) is 0 Å². The van der Waals surface area contributed by atoms with Crippen LogP contribution in [0.5, 0.6) is 17.2 Å². The van der Waals surface area contributed by atoms with Gasteiger partial charge in [0.1, 0.15) is 5.75 Å².